The third kappa shape index (κ3) is 1.74. The second kappa shape index (κ2) is 3.48. The number of rotatable bonds is 1. The number of thiazole rings is 1. The summed E-state index contributed by atoms with van der Waals surface area (Å²) in [5.74, 6) is 0. The van der Waals surface area contributed by atoms with Gasteiger partial charge >= 0.3 is 0 Å². The van der Waals surface area contributed by atoms with E-state index in [9.17, 15) is 0 Å². The van der Waals surface area contributed by atoms with Crippen LogP contribution in [-0.4, -0.2) is 4.98 Å². The van der Waals surface area contributed by atoms with Crippen molar-refractivity contribution in [3.05, 3.63) is 39.7 Å². The van der Waals surface area contributed by atoms with Crippen molar-refractivity contribution in [3.63, 3.8) is 0 Å². The lowest BCUT2D eigenvalue weighted by Gasteiger charge is -1.99. The predicted molar refractivity (Wildman–Crippen MR) is 57.3 cm³/mol. The van der Waals surface area contributed by atoms with Crippen LogP contribution in [0, 0.1) is 6.92 Å². The Morgan fingerprint density at radius 1 is 1.31 bits per heavy atom. The maximum Gasteiger partial charge on any atom is 0.184 e. The van der Waals surface area contributed by atoms with Gasteiger partial charge in [-0.05, 0) is 12.5 Å². The summed E-state index contributed by atoms with van der Waals surface area (Å²) in [6.45, 7) is 2.07. The fourth-order valence-corrected chi connectivity index (χ4v) is 2.00. The molecule has 1 aromatic carbocycles. The van der Waals surface area contributed by atoms with Crippen LogP contribution in [0.2, 0.25) is 4.47 Å². The molecular weight excluding hydrogens is 202 g/mol. The summed E-state index contributed by atoms with van der Waals surface area (Å²) in [6.07, 6.45) is 0. The Balaban J connectivity index is 2.52. The van der Waals surface area contributed by atoms with Crippen molar-refractivity contribution < 1.29 is 0 Å². The molecule has 0 spiro atoms. The minimum Gasteiger partial charge on any atom is -0.225 e. The van der Waals surface area contributed by atoms with Crippen LogP contribution < -0.4 is 0 Å². The zero-order chi connectivity index (χ0) is 9.26. The third-order valence-electron chi connectivity index (χ3n) is 1.90. The van der Waals surface area contributed by atoms with Crippen molar-refractivity contribution in [1.82, 2.24) is 4.98 Å². The average molecular weight is 210 g/mol. The molecule has 0 aliphatic carbocycles. The Labute approximate surface area is 86.0 Å². The van der Waals surface area contributed by atoms with Gasteiger partial charge in [0.15, 0.2) is 4.47 Å². The first-order valence-electron chi connectivity index (χ1n) is 3.94. The largest absolute Gasteiger partial charge is 0.225 e. The van der Waals surface area contributed by atoms with Gasteiger partial charge in [-0.1, -0.05) is 35.9 Å². The van der Waals surface area contributed by atoms with Gasteiger partial charge in [-0.3, -0.25) is 0 Å². The molecule has 0 N–H and O–H groups in total. The second-order valence-corrected chi connectivity index (χ2v) is 4.24. The number of halogens is 1. The number of nitrogens with zero attached hydrogens (tertiary/aromatic N) is 1. The number of aryl methyl sites for hydroxylation is 1. The number of hydrogen-bond donors (Lipinski definition) is 0. The van der Waals surface area contributed by atoms with Gasteiger partial charge in [-0.25, -0.2) is 4.98 Å². The highest BCUT2D eigenvalue weighted by atomic mass is 35.5. The summed E-state index contributed by atoms with van der Waals surface area (Å²) in [7, 11) is 0. The Kier molecular flexibility index (Phi) is 2.34. The molecule has 2 rings (SSSR count). The smallest absolute Gasteiger partial charge is 0.184 e. The summed E-state index contributed by atoms with van der Waals surface area (Å²) >= 11 is 7.23. The van der Waals surface area contributed by atoms with Gasteiger partial charge in [0, 0.05) is 10.9 Å². The second-order valence-electron chi connectivity index (χ2n) is 2.80. The van der Waals surface area contributed by atoms with E-state index in [2.05, 4.69) is 24.0 Å². The van der Waals surface area contributed by atoms with E-state index in [-0.39, 0.29) is 0 Å². The molecule has 0 radical (unpaired) electrons. The zero-order valence-electron chi connectivity index (χ0n) is 7.12. The first-order chi connectivity index (χ1) is 6.27. The summed E-state index contributed by atoms with van der Waals surface area (Å²) in [4.78, 5) is 4.23. The van der Waals surface area contributed by atoms with E-state index in [1.165, 1.54) is 16.9 Å². The molecule has 13 heavy (non-hydrogen) atoms. The fourth-order valence-electron chi connectivity index (χ4n) is 1.24. The van der Waals surface area contributed by atoms with E-state index >= 15 is 0 Å². The van der Waals surface area contributed by atoms with Crippen LogP contribution in [0.3, 0.4) is 0 Å². The van der Waals surface area contributed by atoms with Crippen LogP contribution in [0.1, 0.15) is 5.56 Å². The molecule has 1 nitrogen and oxygen atoms in total. The van der Waals surface area contributed by atoms with Gasteiger partial charge in [-0.2, -0.15) is 0 Å². The highest BCUT2D eigenvalue weighted by molar-refractivity contribution is 7.14. The fraction of sp³-hybridized carbons (Fsp3) is 0.100. The molecule has 3 heteroatoms. The minimum absolute atomic E-state index is 0.596. The molecule has 1 aromatic heterocycles. The zero-order valence-corrected chi connectivity index (χ0v) is 8.69. The molecular formula is C10H8ClNS. The summed E-state index contributed by atoms with van der Waals surface area (Å²) in [5, 5.41) is 1.98. The van der Waals surface area contributed by atoms with Crippen LogP contribution in [0.5, 0.6) is 0 Å². The molecule has 66 valence electrons. The van der Waals surface area contributed by atoms with Gasteiger partial charge in [0.2, 0.25) is 0 Å². The Hall–Kier alpha value is -0.860. The van der Waals surface area contributed by atoms with Crippen LogP contribution in [0.15, 0.2) is 29.6 Å². The maximum atomic E-state index is 5.77. The number of hydrogen-bond acceptors (Lipinski definition) is 2. The highest BCUT2D eigenvalue weighted by Crippen LogP contribution is 2.26. The van der Waals surface area contributed by atoms with Gasteiger partial charge in [-0.15, -0.1) is 11.3 Å². The van der Waals surface area contributed by atoms with Crippen molar-refractivity contribution in [2.24, 2.45) is 0 Å². The van der Waals surface area contributed by atoms with Gasteiger partial charge < -0.3 is 0 Å². The van der Waals surface area contributed by atoms with Gasteiger partial charge in [0.25, 0.3) is 0 Å². The Morgan fingerprint density at radius 3 is 2.69 bits per heavy atom. The molecule has 0 amide bonds. The average Bonchev–Trinajstić information content (AvgIpc) is 2.53. The Morgan fingerprint density at radius 2 is 2.08 bits per heavy atom. The van der Waals surface area contributed by atoms with E-state index in [0.29, 0.717) is 4.47 Å². The van der Waals surface area contributed by atoms with Crippen molar-refractivity contribution >= 4 is 22.9 Å². The molecule has 0 atom stereocenters. The molecule has 0 unspecified atom stereocenters. The lowest BCUT2D eigenvalue weighted by Crippen LogP contribution is -1.81. The van der Waals surface area contributed by atoms with Crippen LogP contribution in [0.4, 0.5) is 0 Å². The predicted octanol–water partition coefficient (Wildman–Crippen LogP) is 3.77. The first-order valence-corrected chi connectivity index (χ1v) is 5.20. The molecule has 0 fully saturated rings. The van der Waals surface area contributed by atoms with Gasteiger partial charge in [0.1, 0.15) is 0 Å². The monoisotopic (exact) mass is 209 g/mol. The van der Waals surface area contributed by atoms with E-state index in [1.807, 2.05) is 17.5 Å². The SMILES string of the molecule is Cc1ccccc1-c1csc(Cl)n1. The lowest BCUT2D eigenvalue weighted by atomic mass is 10.1. The van der Waals surface area contributed by atoms with E-state index in [1.54, 1.807) is 0 Å². The molecule has 0 aliphatic rings. The molecule has 0 saturated heterocycles. The normalized spacial score (nSPS) is 10.3. The van der Waals surface area contributed by atoms with E-state index in [4.69, 9.17) is 11.6 Å². The van der Waals surface area contributed by atoms with Crippen molar-refractivity contribution in [2.75, 3.05) is 0 Å². The molecule has 0 saturated carbocycles. The minimum atomic E-state index is 0.596. The molecule has 2 aromatic rings. The first kappa shape index (κ1) is 8.73. The third-order valence-corrected chi connectivity index (χ3v) is 2.88. The maximum absolute atomic E-state index is 5.77. The van der Waals surface area contributed by atoms with Crippen molar-refractivity contribution in [3.8, 4) is 11.3 Å². The standard InChI is InChI=1S/C10H8ClNS/c1-7-4-2-3-5-8(7)9-6-13-10(11)12-9/h2-6H,1H3. The van der Waals surface area contributed by atoms with E-state index in [0.717, 1.165) is 11.3 Å². The van der Waals surface area contributed by atoms with Crippen molar-refractivity contribution in [1.29, 1.82) is 0 Å². The molecule has 1 heterocycles. The number of benzene rings is 1. The molecule has 0 bridgehead atoms. The van der Waals surface area contributed by atoms with Crippen molar-refractivity contribution in [2.45, 2.75) is 6.92 Å². The number of aromatic nitrogens is 1. The summed E-state index contributed by atoms with van der Waals surface area (Å²) in [5.41, 5.74) is 3.35. The van der Waals surface area contributed by atoms with Crippen LogP contribution in [0.25, 0.3) is 11.3 Å². The summed E-state index contributed by atoms with van der Waals surface area (Å²) < 4.78 is 0.596. The highest BCUT2D eigenvalue weighted by Gasteiger charge is 2.04. The van der Waals surface area contributed by atoms with E-state index < -0.39 is 0 Å². The quantitative estimate of drug-likeness (QED) is 0.697. The Bertz CT molecular complexity index is 422. The lowest BCUT2D eigenvalue weighted by molar-refractivity contribution is 1.37. The van der Waals surface area contributed by atoms with Gasteiger partial charge in [0.05, 0.1) is 5.69 Å². The van der Waals surface area contributed by atoms with Crippen LogP contribution in [-0.2, 0) is 0 Å². The molecule has 0 aliphatic heterocycles. The summed E-state index contributed by atoms with van der Waals surface area (Å²) in [6, 6.07) is 8.16. The van der Waals surface area contributed by atoms with Crippen LogP contribution >= 0.6 is 22.9 Å². The topological polar surface area (TPSA) is 12.9 Å².